The van der Waals surface area contributed by atoms with Gasteiger partial charge in [-0.3, -0.25) is 9.59 Å². The standard InChI is InChI=1S/C17H17ClN2O3/c1-11-5-6-15(14(18)9-11)20-17(23)16(22)19-8-7-12-3-2-4-13(21)10-12/h2-6,9-10,21H,7-8H2,1H3,(H,19,22)(H,20,23). The highest BCUT2D eigenvalue weighted by Gasteiger charge is 2.14. The second-order valence-corrected chi connectivity index (χ2v) is 5.52. The largest absolute Gasteiger partial charge is 0.508 e. The Morgan fingerprint density at radius 2 is 1.91 bits per heavy atom. The Kier molecular flexibility index (Phi) is 5.60. The van der Waals surface area contributed by atoms with E-state index in [9.17, 15) is 14.7 Å². The smallest absolute Gasteiger partial charge is 0.313 e. The van der Waals surface area contributed by atoms with Gasteiger partial charge in [0.05, 0.1) is 10.7 Å². The summed E-state index contributed by atoms with van der Waals surface area (Å²) in [6, 6.07) is 11.9. The first-order chi connectivity index (χ1) is 11.0. The van der Waals surface area contributed by atoms with Crippen molar-refractivity contribution in [2.75, 3.05) is 11.9 Å². The maximum atomic E-state index is 11.8. The molecule has 0 saturated carbocycles. The summed E-state index contributed by atoms with van der Waals surface area (Å²) in [6.07, 6.45) is 0.513. The Morgan fingerprint density at radius 3 is 2.61 bits per heavy atom. The minimum absolute atomic E-state index is 0.167. The second kappa shape index (κ2) is 7.65. The van der Waals surface area contributed by atoms with E-state index in [1.165, 1.54) is 0 Å². The summed E-state index contributed by atoms with van der Waals surface area (Å²) in [5.74, 6) is -1.34. The number of phenols is 1. The average Bonchev–Trinajstić information content (AvgIpc) is 2.50. The van der Waals surface area contributed by atoms with Gasteiger partial charge in [0.2, 0.25) is 0 Å². The summed E-state index contributed by atoms with van der Waals surface area (Å²) in [7, 11) is 0. The van der Waals surface area contributed by atoms with E-state index in [-0.39, 0.29) is 12.3 Å². The third kappa shape index (κ3) is 5.00. The number of hydrogen-bond acceptors (Lipinski definition) is 3. The van der Waals surface area contributed by atoms with Crippen LogP contribution in [-0.2, 0) is 16.0 Å². The zero-order valence-electron chi connectivity index (χ0n) is 12.6. The Bertz CT molecular complexity index is 732. The summed E-state index contributed by atoms with van der Waals surface area (Å²) in [5, 5.41) is 14.7. The number of benzene rings is 2. The molecule has 6 heteroatoms. The molecule has 120 valence electrons. The Hall–Kier alpha value is -2.53. The highest BCUT2D eigenvalue weighted by Crippen LogP contribution is 2.22. The third-order valence-corrected chi connectivity index (χ3v) is 3.50. The van der Waals surface area contributed by atoms with Crippen molar-refractivity contribution in [3.05, 3.63) is 58.6 Å². The molecular weight excluding hydrogens is 316 g/mol. The fourth-order valence-corrected chi connectivity index (χ4v) is 2.30. The summed E-state index contributed by atoms with van der Waals surface area (Å²) >= 11 is 6.01. The maximum Gasteiger partial charge on any atom is 0.313 e. The van der Waals surface area contributed by atoms with Gasteiger partial charge >= 0.3 is 11.8 Å². The van der Waals surface area contributed by atoms with Gasteiger partial charge in [0.1, 0.15) is 5.75 Å². The van der Waals surface area contributed by atoms with Crippen molar-refractivity contribution in [1.82, 2.24) is 5.32 Å². The fraction of sp³-hybridized carbons (Fsp3) is 0.176. The molecule has 23 heavy (non-hydrogen) atoms. The first-order valence-electron chi connectivity index (χ1n) is 7.09. The van der Waals surface area contributed by atoms with Crippen LogP contribution in [0.15, 0.2) is 42.5 Å². The Morgan fingerprint density at radius 1 is 1.13 bits per heavy atom. The van der Waals surface area contributed by atoms with Gasteiger partial charge < -0.3 is 15.7 Å². The lowest BCUT2D eigenvalue weighted by Crippen LogP contribution is -2.36. The summed E-state index contributed by atoms with van der Waals surface area (Å²) < 4.78 is 0. The maximum absolute atomic E-state index is 11.8. The van der Waals surface area contributed by atoms with E-state index in [0.29, 0.717) is 17.1 Å². The molecule has 0 spiro atoms. The van der Waals surface area contributed by atoms with Crippen LogP contribution in [0.25, 0.3) is 0 Å². The summed E-state index contributed by atoms with van der Waals surface area (Å²) in [4.78, 5) is 23.6. The van der Waals surface area contributed by atoms with Crippen LogP contribution >= 0.6 is 11.6 Å². The Balaban J connectivity index is 1.84. The highest BCUT2D eigenvalue weighted by atomic mass is 35.5. The first-order valence-corrected chi connectivity index (χ1v) is 7.47. The average molecular weight is 333 g/mol. The molecule has 0 atom stereocenters. The van der Waals surface area contributed by atoms with E-state index >= 15 is 0 Å². The van der Waals surface area contributed by atoms with Crippen LogP contribution < -0.4 is 10.6 Å². The number of hydrogen-bond donors (Lipinski definition) is 3. The van der Waals surface area contributed by atoms with Crippen molar-refractivity contribution in [3.63, 3.8) is 0 Å². The number of carbonyl (C=O) groups excluding carboxylic acids is 2. The highest BCUT2D eigenvalue weighted by molar-refractivity contribution is 6.41. The topological polar surface area (TPSA) is 78.4 Å². The van der Waals surface area contributed by atoms with Gasteiger partial charge in [-0.1, -0.05) is 29.8 Å². The minimum Gasteiger partial charge on any atom is -0.508 e. The van der Waals surface area contributed by atoms with E-state index < -0.39 is 11.8 Å². The molecule has 0 radical (unpaired) electrons. The first kappa shape index (κ1) is 16.8. The molecule has 2 rings (SSSR count). The molecule has 2 amide bonds. The molecule has 0 unspecified atom stereocenters. The van der Waals surface area contributed by atoms with E-state index in [1.54, 1.807) is 36.4 Å². The van der Waals surface area contributed by atoms with E-state index in [4.69, 9.17) is 11.6 Å². The van der Waals surface area contributed by atoms with Crippen LogP contribution in [-0.4, -0.2) is 23.5 Å². The number of amides is 2. The van der Waals surface area contributed by atoms with Crippen molar-refractivity contribution in [3.8, 4) is 5.75 Å². The molecule has 0 aliphatic heterocycles. The van der Waals surface area contributed by atoms with Crippen molar-refractivity contribution >= 4 is 29.1 Å². The van der Waals surface area contributed by atoms with Gasteiger partial charge in [0.15, 0.2) is 0 Å². The molecule has 0 saturated heterocycles. The van der Waals surface area contributed by atoms with Crippen LogP contribution in [0.1, 0.15) is 11.1 Å². The number of halogens is 1. The van der Waals surface area contributed by atoms with Gasteiger partial charge in [-0.05, 0) is 48.7 Å². The number of nitrogens with one attached hydrogen (secondary N) is 2. The lowest BCUT2D eigenvalue weighted by Gasteiger charge is -2.08. The molecule has 0 aliphatic rings. The van der Waals surface area contributed by atoms with Crippen LogP contribution in [0.2, 0.25) is 5.02 Å². The lowest BCUT2D eigenvalue weighted by molar-refractivity contribution is -0.136. The monoisotopic (exact) mass is 332 g/mol. The number of rotatable bonds is 4. The van der Waals surface area contributed by atoms with E-state index in [0.717, 1.165) is 11.1 Å². The van der Waals surface area contributed by atoms with Crippen LogP contribution in [0.3, 0.4) is 0 Å². The molecule has 0 heterocycles. The van der Waals surface area contributed by atoms with Gasteiger partial charge in [-0.25, -0.2) is 0 Å². The minimum atomic E-state index is -0.772. The normalized spacial score (nSPS) is 10.2. The molecule has 2 aromatic rings. The molecule has 2 aromatic carbocycles. The van der Waals surface area contributed by atoms with E-state index in [1.807, 2.05) is 13.0 Å². The number of anilines is 1. The summed E-state index contributed by atoms with van der Waals surface area (Å²) in [5.41, 5.74) is 2.22. The quantitative estimate of drug-likeness (QED) is 0.753. The van der Waals surface area contributed by atoms with Gasteiger partial charge in [-0.15, -0.1) is 0 Å². The Labute approximate surface area is 139 Å². The molecule has 0 fully saturated rings. The molecule has 5 nitrogen and oxygen atoms in total. The summed E-state index contributed by atoms with van der Waals surface area (Å²) in [6.45, 7) is 2.17. The predicted molar refractivity (Wildman–Crippen MR) is 89.6 cm³/mol. The van der Waals surface area contributed by atoms with Gasteiger partial charge in [-0.2, -0.15) is 0 Å². The van der Waals surface area contributed by atoms with Crippen molar-refractivity contribution in [2.24, 2.45) is 0 Å². The zero-order chi connectivity index (χ0) is 16.8. The third-order valence-electron chi connectivity index (χ3n) is 3.19. The lowest BCUT2D eigenvalue weighted by atomic mass is 10.1. The molecule has 0 aromatic heterocycles. The van der Waals surface area contributed by atoms with Crippen molar-refractivity contribution in [1.29, 1.82) is 0 Å². The molecule has 3 N–H and O–H groups in total. The van der Waals surface area contributed by atoms with E-state index in [2.05, 4.69) is 10.6 Å². The molecule has 0 aliphatic carbocycles. The SMILES string of the molecule is Cc1ccc(NC(=O)C(=O)NCCc2cccc(O)c2)c(Cl)c1. The molecular formula is C17H17ClN2O3. The van der Waals surface area contributed by atoms with Crippen molar-refractivity contribution < 1.29 is 14.7 Å². The number of carbonyl (C=O) groups is 2. The number of phenolic OH excluding ortho intramolecular Hbond substituents is 1. The zero-order valence-corrected chi connectivity index (χ0v) is 13.4. The van der Waals surface area contributed by atoms with Gasteiger partial charge in [0.25, 0.3) is 0 Å². The number of aromatic hydroxyl groups is 1. The van der Waals surface area contributed by atoms with Crippen LogP contribution in [0, 0.1) is 6.92 Å². The number of aryl methyl sites for hydroxylation is 1. The predicted octanol–water partition coefficient (Wildman–Crippen LogP) is 2.65. The van der Waals surface area contributed by atoms with Crippen LogP contribution in [0.4, 0.5) is 5.69 Å². The van der Waals surface area contributed by atoms with Crippen molar-refractivity contribution in [2.45, 2.75) is 13.3 Å². The van der Waals surface area contributed by atoms with Gasteiger partial charge in [0, 0.05) is 6.54 Å². The molecule has 0 bridgehead atoms. The fourth-order valence-electron chi connectivity index (χ4n) is 2.01. The van der Waals surface area contributed by atoms with Crippen LogP contribution in [0.5, 0.6) is 5.75 Å². The second-order valence-electron chi connectivity index (χ2n) is 5.11.